The fraction of sp³-hybridized carbons (Fsp3) is 0.250. The Morgan fingerprint density at radius 1 is 1.17 bits per heavy atom. The van der Waals surface area contributed by atoms with Crippen LogP contribution < -0.4 is 4.74 Å². The van der Waals surface area contributed by atoms with Gasteiger partial charge in [0.05, 0.1) is 13.4 Å². The molecular formula is C24H23FN2O2. The van der Waals surface area contributed by atoms with Gasteiger partial charge in [0.1, 0.15) is 17.1 Å². The number of hydrogen-bond acceptors (Lipinski definition) is 3. The third-order valence-corrected chi connectivity index (χ3v) is 5.84. The van der Waals surface area contributed by atoms with E-state index in [0.717, 1.165) is 65.7 Å². The molecule has 0 aliphatic carbocycles. The first-order valence-corrected chi connectivity index (χ1v) is 9.94. The van der Waals surface area contributed by atoms with Crippen LogP contribution in [-0.2, 0) is 6.42 Å². The molecule has 0 unspecified atom stereocenters. The molecule has 0 saturated carbocycles. The quantitative estimate of drug-likeness (QED) is 0.496. The molecule has 0 radical (unpaired) electrons. The van der Waals surface area contributed by atoms with E-state index >= 15 is 0 Å². The summed E-state index contributed by atoms with van der Waals surface area (Å²) in [6.07, 6.45) is 8.04. The summed E-state index contributed by atoms with van der Waals surface area (Å²) in [6, 6.07) is 10.9. The molecule has 2 aromatic carbocycles. The number of nitrogens with zero attached hydrogens (tertiary/aromatic N) is 1. The number of aromatic amines is 1. The molecule has 1 aliphatic heterocycles. The minimum Gasteiger partial charge on any atom is -0.497 e. The van der Waals surface area contributed by atoms with Gasteiger partial charge < -0.3 is 14.1 Å². The van der Waals surface area contributed by atoms with Crippen LogP contribution in [0.1, 0.15) is 17.5 Å². The lowest BCUT2D eigenvalue weighted by molar-refractivity contribution is 0.306. The largest absolute Gasteiger partial charge is 0.497 e. The van der Waals surface area contributed by atoms with Gasteiger partial charge in [-0.05, 0) is 54.3 Å². The number of H-pyrrole nitrogens is 1. The molecule has 0 bridgehead atoms. The topological polar surface area (TPSA) is 41.4 Å². The second-order valence-corrected chi connectivity index (χ2v) is 7.55. The van der Waals surface area contributed by atoms with Gasteiger partial charge in [0.15, 0.2) is 0 Å². The van der Waals surface area contributed by atoms with E-state index in [-0.39, 0.29) is 5.82 Å². The zero-order chi connectivity index (χ0) is 19.8. The van der Waals surface area contributed by atoms with Crippen LogP contribution >= 0.6 is 0 Å². The third kappa shape index (κ3) is 3.42. The maximum absolute atomic E-state index is 13.7. The Labute approximate surface area is 168 Å². The van der Waals surface area contributed by atoms with Crippen molar-refractivity contribution >= 4 is 27.4 Å². The van der Waals surface area contributed by atoms with Crippen molar-refractivity contribution in [3.8, 4) is 5.75 Å². The monoisotopic (exact) mass is 390 g/mol. The molecule has 2 aromatic heterocycles. The molecule has 29 heavy (non-hydrogen) atoms. The Morgan fingerprint density at radius 3 is 2.93 bits per heavy atom. The van der Waals surface area contributed by atoms with Gasteiger partial charge in [-0.3, -0.25) is 4.90 Å². The van der Waals surface area contributed by atoms with E-state index in [1.54, 1.807) is 19.2 Å². The number of nitrogens with one attached hydrogen (secondary N) is 1. The lowest BCUT2D eigenvalue weighted by atomic mass is 9.98. The van der Waals surface area contributed by atoms with Gasteiger partial charge >= 0.3 is 0 Å². The number of rotatable bonds is 5. The smallest absolute Gasteiger partial charge is 0.137 e. The van der Waals surface area contributed by atoms with Gasteiger partial charge in [-0.25, -0.2) is 4.39 Å². The Hall–Kier alpha value is -3.05. The molecule has 5 heteroatoms. The van der Waals surface area contributed by atoms with Crippen LogP contribution in [0.4, 0.5) is 4.39 Å². The molecular weight excluding hydrogens is 367 g/mol. The van der Waals surface area contributed by atoms with Crippen LogP contribution in [0.3, 0.4) is 0 Å². The number of fused-ring (bicyclic) bond motifs is 2. The van der Waals surface area contributed by atoms with Gasteiger partial charge in [-0.15, -0.1) is 0 Å². The van der Waals surface area contributed by atoms with E-state index in [2.05, 4.69) is 22.0 Å². The minimum atomic E-state index is -0.193. The van der Waals surface area contributed by atoms with E-state index < -0.39 is 0 Å². The molecule has 0 atom stereocenters. The van der Waals surface area contributed by atoms with Crippen LogP contribution in [0, 0.1) is 5.82 Å². The molecule has 0 saturated heterocycles. The number of furan rings is 1. The predicted molar refractivity (Wildman–Crippen MR) is 114 cm³/mol. The van der Waals surface area contributed by atoms with Crippen LogP contribution in [-0.4, -0.2) is 36.6 Å². The van der Waals surface area contributed by atoms with E-state index in [9.17, 15) is 4.39 Å². The van der Waals surface area contributed by atoms with Crippen molar-refractivity contribution in [1.82, 2.24) is 9.88 Å². The van der Waals surface area contributed by atoms with E-state index in [1.807, 2.05) is 24.6 Å². The summed E-state index contributed by atoms with van der Waals surface area (Å²) in [4.78, 5) is 5.70. The molecule has 0 fully saturated rings. The molecule has 4 aromatic rings. The van der Waals surface area contributed by atoms with E-state index in [4.69, 9.17) is 9.15 Å². The van der Waals surface area contributed by atoms with Crippen molar-refractivity contribution in [3.63, 3.8) is 0 Å². The number of benzene rings is 2. The summed E-state index contributed by atoms with van der Waals surface area (Å²) >= 11 is 0. The average Bonchev–Trinajstić information content (AvgIpc) is 3.35. The SMILES string of the molecule is COc1ccc2c(CCN3CC=C(c4c[nH]c5ccc(F)cc45)CC3)coc2c1. The van der Waals surface area contributed by atoms with Crippen LogP contribution in [0.25, 0.3) is 27.4 Å². The second kappa shape index (κ2) is 7.41. The van der Waals surface area contributed by atoms with Crippen LogP contribution in [0.2, 0.25) is 0 Å². The van der Waals surface area contributed by atoms with Crippen molar-refractivity contribution in [2.24, 2.45) is 0 Å². The highest BCUT2D eigenvalue weighted by molar-refractivity contribution is 5.92. The van der Waals surface area contributed by atoms with Crippen LogP contribution in [0.15, 0.2) is 59.4 Å². The molecule has 0 spiro atoms. The van der Waals surface area contributed by atoms with Crippen molar-refractivity contribution in [2.75, 3.05) is 26.7 Å². The molecule has 4 nitrogen and oxygen atoms in total. The Balaban J connectivity index is 1.27. The molecule has 0 amide bonds. The van der Waals surface area contributed by atoms with Gasteiger partial charge in [0.2, 0.25) is 0 Å². The summed E-state index contributed by atoms with van der Waals surface area (Å²) < 4.78 is 24.6. The summed E-state index contributed by atoms with van der Waals surface area (Å²) in [5.74, 6) is 0.616. The standard InChI is InChI=1S/C24H23FN2O2/c1-28-19-3-4-20-17(15-29-24(20)13-19)8-11-27-9-6-16(7-10-27)22-14-26-23-5-2-18(25)12-21(22)23/h2-6,12-15,26H,7-11H2,1H3. The molecule has 1 N–H and O–H groups in total. The van der Waals surface area contributed by atoms with Crippen molar-refractivity contribution in [2.45, 2.75) is 12.8 Å². The lowest BCUT2D eigenvalue weighted by Gasteiger charge is -2.26. The summed E-state index contributed by atoms with van der Waals surface area (Å²) in [5, 5.41) is 2.12. The number of ether oxygens (including phenoxy) is 1. The zero-order valence-electron chi connectivity index (χ0n) is 16.4. The second-order valence-electron chi connectivity index (χ2n) is 7.55. The Morgan fingerprint density at radius 2 is 2.10 bits per heavy atom. The van der Waals surface area contributed by atoms with Gasteiger partial charge in [-0.2, -0.15) is 0 Å². The molecule has 3 heterocycles. The molecule has 1 aliphatic rings. The Kier molecular flexibility index (Phi) is 4.60. The normalized spacial score (nSPS) is 15.2. The van der Waals surface area contributed by atoms with Crippen molar-refractivity contribution < 1.29 is 13.5 Å². The van der Waals surface area contributed by atoms with Gasteiger partial charge in [0, 0.05) is 53.8 Å². The van der Waals surface area contributed by atoms with Crippen molar-refractivity contribution in [1.29, 1.82) is 0 Å². The average molecular weight is 390 g/mol. The first-order valence-electron chi connectivity index (χ1n) is 9.94. The first kappa shape index (κ1) is 18.0. The highest BCUT2D eigenvalue weighted by Crippen LogP contribution is 2.30. The van der Waals surface area contributed by atoms with Gasteiger partial charge in [-0.1, -0.05) is 6.08 Å². The fourth-order valence-electron chi connectivity index (χ4n) is 4.18. The highest BCUT2D eigenvalue weighted by Gasteiger charge is 2.17. The summed E-state index contributed by atoms with van der Waals surface area (Å²) in [7, 11) is 1.66. The first-order chi connectivity index (χ1) is 14.2. The Bertz CT molecular complexity index is 1200. The maximum Gasteiger partial charge on any atom is 0.137 e. The number of halogens is 1. The maximum atomic E-state index is 13.7. The van der Waals surface area contributed by atoms with E-state index in [1.165, 1.54) is 17.2 Å². The minimum absolute atomic E-state index is 0.193. The summed E-state index contributed by atoms with van der Waals surface area (Å²) in [6.45, 7) is 2.88. The lowest BCUT2D eigenvalue weighted by Crippen LogP contribution is -2.30. The summed E-state index contributed by atoms with van der Waals surface area (Å²) in [5.41, 5.74) is 5.48. The number of methoxy groups -OCH3 is 1. The van der Waals surface area contributed by atoms with Gasteiger partial charge in [0.25, 0.3) is 0 Å². The predicted octanol–water partition coefficient (Wildman–Crippen LogP) is 5.39. The van der Waals surface area contributed by atoms with Crippen LogP contribution in [0.5, 0.6) is 5.75 Å². The number of aromatic nitrogens is 1. The molecule has 5 rings (SSSR count). The zero-order valence-corrected chi connectivity index (χ0v) is 16.4. The highest BCUT2D eigenvalue weighted by atomic mass is 19.1. The number of hydrogen-bond donors (Lipinski definition) is 1. The third-order valence-electron chi connectivity index (χ3n) is 5.84. The van der Waals surface area contributed by atoms with E-state index in [0.29, 0.717) is 0 Å². The molecule has 148 valence electrons. The van der Waals surface area contributed by atoms with Crippen molar-refractivity contribution in [3.05, 3.63) is 71.9 Å². The fourth-order valence-corrected chi connectivity index (χ4v) is 4.18.